The molecule has 66 valence electrons. The van der Waals surface area contributed by atoms with E-state index in [2.05, 4.69) is 39.4 Å². The van der Waals surface area contributed by atoms with Gasteiger partial charge in [-0.05, 0) is 53.4 Å². The average molecular weight is 293 g/mol. The highest BCUT2D eigenvalue weighted by Gasteiger charge is 2.17. The summed E-state index contributed by atoms with van der Waals surface area (Å²) in [5, 5.41) is 5.76. The topological polar surface area (TPSA) is 12.0 Å². The Morgan fingerprint density at radius 2 is 2.42 bits per heavy atom. The lowest BCUT2D eigenvalue weighted by atomic mass is 10.0. The van der Waals surface area contributed by atoms with Crippen LogP contribution in [0, 0.1) is 3.57 Å². The van der Waals surface area contributed by atoms with Crippen molar-refractivity contribution >= 4 is 33.9 Å². The fourth-order valence-corrected chi connectivity index (χ4v) is 3.71. The number of rotatable bonds is 1. The first-order valence-electron chi connectivity index (χ1n) is 4.34. The summed E-state index contributed by atoms with van der Waals surface area (Å²) < 4.78 is 1.43. The summed E-state index contributed by atoms with van der Waals surface area (Å²) in [6.45, 7) is 1.19. The molecule has 1 atom stereocenters. The van der Waals surface area contributed by atoms with Gasteiger partial charge in [0.05, 0.1) is 0 Å². The second-order valence-corrected chi connectivity index (χ2v) is 5.25. The van der Waals surface area contributed by atoms with Gasteiger partial charge < -0.3 is 5.32 Å². The van der Waals surface area contributed by atoms with Crippen LogP contribution in [0.4, 0.5) is 0 Å². The highest BCUT2D eigenvalue weighted by molar-refractivity contribution is 14.1. The molecule has 0 spiro atoms. The molecule has 0 amide bonds. The maximum absolute atomic E-state index is 3.57. The quantitative estimate of drug-likeness (QED) is 0.784. The van der Waals surface area contributed by atoms with Crippen molar-refractivity contribution in [1.82, 2.24) is 5.32 Å². The van der Waals surface area contributed by atoms with Gasteiger partial charge in [-0.3, -0.25) is 0 Å². The lowest BCUT2D eigenvalue weighted by Crippen LogP contribution is -2.26. The van der Waals surface area contributed by atoms with Crippen LogP contribution in [0.1, 0.15) is 30.2 Å². The minimum atomic E-state index is 0.644. The van der Waals surface area contributed by atoms with E-state index in [1.807, 2.05) is 11.3 Å². The number of hydrogen-bond acceptors (Lipinski definition) is 2. The Hall–Kier alpha value is 0.390. The van der Waals surface area contributed by atoms with Gasteiger partial charge in [-0.15, -0.1) is 11.3 Å². The third-order valence-electron chi connectivity index (χ3n) is 2.27. The van der Waals surface area contributed by atoms with Gasteiger partial charge in [0.2, 0.25) is 0 Å². The zero-order valence-electron chi connectivity index (χ0n) is 6.85. The third kappa shape index (κ3) is 1.83. The van der Waals surface area contributed by atoms with Crippen molar-refractivity contribution in [3.05, 3.63) is 19.9 Å². The molecule has 1 aliphatic heterocycles. The van der Waals surface area contributed by atoms with Gasteiger partial charge in [-0.2, -0.15) is 0 Å². The van der Waals surface area contributed by atoms with E-state index in [0.29, 0.717) is 6.04 Å². The lowest BCUT2D eigenvalue weighted by molar-refractivity contribution is 0.416. The van der Waals surface area contributed by atoms with Crippen molar-refractivity contribution in [1.29, 1.82) is 0 Å². The number of thiophene rings is 1. The highest BCUT2D eigenvalue weighted by atomic mass is 127. The van der Waals surface area contributed by atoms with Crippen LogP contribution in [0.2, 0.25) is 0 Å². The Bertz CT molecular complexity index is 253. The summed E-state index contributed by atoms with van der Waals surface area (Å²) in [6, 6.07) is 2.85. The highest BCUT2D eigenvalue weighted by Crippen LogP contribution is 2.30. The number of nitrogens with one attached hydrogen (secondary N) is 1. The smallest absolute Gasteiger partial charge is 0.0425 e. The zero-order valence-corrected chi connectivity index (χ0v) is 9.82. The van der Waals surface area contributed by atoms with Crippen molar-refractivity contribution in [2.24, 2.45) is 0 Å². The van der Waals surface area contributed by atoms with E-state index in [1.54, 1.807) is 0 Å². The van der Waals surface area contributed by atoms with Crippen LogP contribution < -0.4 is 5.32 Å². The molecule has 2 heterocycles. The molecule has 1 aromatic rings. The third-order valence-corrected chi connectivity index (χ3v) is 4.61. The van der Waals surface area contributed by atoms with Crippen molar-refractivity contribution in [3.63, 3.8) is 0 Å². The van der Waals surface area contributed by atoms with Crippen molar-refractivity contribution in [2.75, 3.05) is 6.54 Å². The summed E-state index contributed by atoms with van der Waals surface area (Å²) in [6.07, 6.45) is 4.04. The van der Waals surface area contributed by atoms with Crippen molar-refractivity contribution in [2.45, 2.75) is 25.3 Å². The van der Waals surface area contributed by atoms with Crippen LogP contribution in [0.25, 0.3) is 0 Å². The van der Waals surface area contributed by atoms with Gasteiger partial charge in [0, 0.05) is 14.5 Å². The molecule has 0 radical (unpaired) electrons. The Kier molecular flexibility index (Phi) is 3.04. The van der Waals surface area contributed by atoms with Gasteiger partial charge in [0.15, 0.2) is 0 Å². The summed E-state index contributed by atoms with van der Waals surface area (Å²) in [5.74, 6) is 0. The van der Waals surface area contributed by atoms with Gasteiger partial charge in [-0.1, -0.05) is 6.42 Å². The number of piperidine rings is 1. The second kappa shape index (κ2) is 4.07. The van der Waals surface area contributed by atoms with Gasteiger partial charge in [0.1, 0.15) is 0 Å². The molecule has 0 aliphatic carbocycles. The average Bonchev–Trinajstić information content (AvgIpc) is 2.53. The van der Waals surface area contributed by atoms with E-state index in [9.17, 15) is 0 Å². The van der Waals surface area contributed by atoms with Crippen LogP contribution in [0.3, 0.4) is 0 Å². The lowest BCUT2D eigenvalue weighted by Gasteiger charge is -2.22. The molecular weight excluding hydrogens is 281 g/mol. The van der Waals surface area contributed by atoms with Crippen molar-refractivity contribution < 1.29 is 0 Å². The molecule has 1 fully saturated rings. The molecule has 0 saturated carbocycles. The Balaban J connectivity index is 2.13. The summed E-state index contributed by atoms with van der Waals surface area (Å²) in [7, 11) is 0. The molecule has 1 saturated heterocycles. The van der Waals surface area contributed by atoms with Gasteiger partial charge >= 0.3 is 0 Å². The standard InChI is InChI=1S/C9H12INS/c10-7-4-6-12-9(7)8-3-1-2-5-11-8/h4,6,8,11H,1-3,5H2/t8-/m0/s1. The summed E-state index contributed by atoms with van der Waals surface area (Å²) in [4.78, 5) is 1.54. The predicted molar refractivity (Wildman–Crippen MR) is 61.6 cm³/mol. The molecule has 0 unspecified atom stereocenters. The first kappa shape index (κ1) is 8.97. The molecule has 1 nitrogen and oxygen atoms in total. The molecule has 0 aromatic carbocycles. The molecule has 1 aliphatic rings. The van der Waals surface area contributed by atoms with Gasteiger partial charge in [-0.25, -0.2) is 0 Å². The van der Waals surface area contributed by atoms with Gasteiger partial charge in [0.25, 0.3) is 0 Å². The van der Waals surface area contributed by atoms with Crippen molar-refractivity contribution in [3.8, 4) is 0 Å². The number of hydrogen-bond donors (Lipinski definition) is 1. The summed E-state index contributed by atoms with van der Waals surface area (Å²) >= 11 is 4.31. The molecule has 0 bridgehead atoms. The number of halogens is 1. The Morgan fingerprint density at radius 1 is 1.50 bits per heavy atom. The van der Waals surface area contributed by atoms with E-state index in [4.69, 9.17) is 0 Å². The zero-order chi connectivity index (χ0) is 8.39. The molecule has 1 N–H and O–H groups in total. The van der Waals surface area contributed by atoms with Crippen LogP contribution in [0.15, 0.2) is 11.4 Å². The molecule has 2 rings (SSSR count). The van der Waals surface area contributed by atoms with E-state index < -0.39 is 0 Å². The van der Waals surface area contributed by atoms with E-state index in [0.717, 1.165) is 0 Å². The molecular formula is C9H12INS. The van der Waals surface area contributed by atoms with Crippen LogP contribution in [-0.2, 0) is 0 Å². The SMILES string of the molecule is Ic1ccsc1[C@@H]1CCCCN1. The first-order valence-corrected chi connectivity index (χ1v) is 6.30. The largest absolute Gasteiger partial charge is 0.309 e. The predicted octanol–water partition coefficient (Wildman–Crippen LogP) is 3.17. The van der Waals surface area contributed by atoms with E-state index in [-0.39, 0.29) is 0 Å². The maximum Gasteiger partial charge on any atom is 0.0425 e. The monoisotopic (exact) mass is 293 g/mol. The Labute approximate surface area is 90.7 Å². The fourth-order valence-electron chi connectivity index (χ4n) is 1.63. The normalized spacial score (nSPS) is 24.2. The minimum Gasteiger partial charge on any atom is -0.309 e. The minimum absolute atomic E-state index is 0.644. The molecule has 3 heteroatoms. The summed E-state index contributed by atoms with van der Waals surface area (Å²) in [5.41, 5.74) is 0. The van der Waals surface area contributed by atoms with Crippen LogP contribution in [0.5, 0.6) is 0 Å². The van der Waals surface area contributed by atoms with Crippen LogP contribution in [-0.4, -0.2) is 6.54 Å². The van der Waals surface area contributed by atoms with E-state index >= 15 is 0 Å². The van der Waals surface area contributed by atoms with E-state index in [1.165, 1.54) is 34.3 Å². The fraction of sp³-hybridized carbons (Fsp3) is 0.556. The maximum atomic E-state index is 3.57. The molecule has 12 heavy (non-hydrogen) atoms. The molecule has 1 aromatic heterocycles. The first-order chi connectivity index (χ1) is 5.88. The van der Waals surface area contributed by atoms with Crippen LogP contribution >= 0.6 is 33.9 Å². The second-order valence-electron chi connectivity index (χ2n) is 3.14. The Morgan fingerprint density at radius 3 is 3.00 bits per heavy atom.